The molecule has 0 saturated carbocycles. The molecule has 0 aliphatic carbocycles. The number of rotatable bonds is 3. The fourth-order valence-electron chi connectivity index (χ4n) is 2.17. The molecule has 98 valence electrons. The third-order valence-corrected chi connectivity index (χ3v) is 3.24. The van der Waals surface area contributed by atoms with Crippen LogP contribution >= 0.6 is 0 Å². The maximum absolute atomic E-state index is 12.8. The lowest BCUT2D eigenvalue weighted by Crippen LogP contribution is -2.37. The van der Waals surface area contributed by atoms with Gasteiger partial charge in [0.1, 0.15) is 5.82 Å². The summed E-state index contributed by atoms with van der Waals surface area (Å²) in [6.07, 6.45) is 3.82. The fourth-order valence-corrected chi connectivity index (χ4v) is 2.17. The van der Waals surface area contributed by atoms with Crippen LogP contribution in [0, 0.1) is 5.82 Å². The molecule has 2 aromatic carbocycles. The molecule has 0 bridgehead atoms. The Labute approximate surface area is 116 Å². The first-order chi connectivity index (χ1) is 9.72. The summed E-state index contributed by atoms with van der Waals surface area (Å²) in [6.45, 7) is 0.246. The lowest BCUT2D eigenvalue weighted by molar-refractivity contribution is -0.681. The zero-order valence-corrected chi connectivity index (χ0v) is 10.8. The van der Waals surface area contributed by atoms with Crippen molar-refractivity contribution >= 4 is 16.6 Å². The van der Waals surface area contributed by atoms with Gasteiger partial charge in [-0.15, -0.1) is 0 Å². The van der Waals surface area contributed by atoms with Gasteiger partial charge in [-0.3, -0.25) is 4.79 Å². The third kappa shape index (κ3) is 2.57. The summed E-state index contributed by atoms with van der Waals surface area (Å²) >= 11 is 0. The van der Waals surface area contributed by atoms with Crippen molar-refractivity contribution in [3.8, 4) is 0 Å². The van der Waals surface area contributed by atoms with Crippen LogP contribution in [-0.2, 0) is 6.54 Å². The van der Waals surface area contributed by atoms with Crippen molar-refractivity contribution < 1.29 is 13.8 Å². The summed E-state index contributed by atoms with van der Waals surface area (Å²) in [5.41, 5.74) is 0.520. The van der Waals surface area contributed by atoms with E-state index in [4.69, 9.17) is 0 Å². The number of ketones is 1. The van der Waals surface area contributed by atoms with Crippen LogP contribution in [0.2, 0.25) is 0 Å². The van der Waals surface area contributed by atoms with Crippen LogP contribution < -0.4 is 4.57 Å². The SMILES string of the molecule is O=C(C[n+]1ccc2ccccc2c1)c1ccc(F)cc1. The predicted molar refractivity (Wildman–Crippen MR) is 74.9 cm³/mol. The van der Waals surface area contributed by atoms with E-state index in [1.165, 1.54) is 24.3 Å². The van der Waals surface area contributed by atoms with Crippen LogP contribution in [0.1, 0.15) is 10.4 Å². The second-order valence-electron chi connectivity index (χ2n) is 4.68. The van der Waals surface area contributed by atoms with Gasteiger partial charge in [0.2, 0.25) is 12.3 Å². The molecule has 0 spiro atoms. The Morgan fingerprint density at radius 2 is 1.65 bits per heavy atom. The number of fused-ring (bicyclic) bond motifs is 1. The highest BCUT2D eigenvalue weighted by Gasteiger charge is 2.12. The van der Waals surface area contributed by atoms with E-state index < -0.39 is 0 Å². The van der Waals surface area contributed by atoms with Crippen molar-refractivity contribution in [2.24, 2.45) is 0 Å². The number of carbonyl (C=O) groups excluding carboxylic acids is 1. The molecule has 2 nitrogen and oxygen atoms in total. The Hall–Kier alpha value is -2.55. The van der Waals surface area contributed by atoms with Gasteiger partial charge < -0.3 is 0 Å². The monoisotopic (exact) mass is 266 g/mol. The Morgan fingerprint density at radius 3 is 2.40 bits per heavy atom. The van der Waals surface area contributed by atoms with Crippen molar-refractivity contribution in [2.75, 3.05) is 0 Å². The van der Waals surface area contributed by atoms with Crippen molar-refractivity contribution in [1.29, 1.82) is 0 Å². The normalized spacial score (nSPS) is 10.7. The first kappa shape index (κ1) is 12.5. The first-order valence-electron chi connectivity index (χ1n) is 6.39. The number of nitrogens with zero attached hydrogens (tertiary/aromatic N) is 1. The van der Waals surface area contributed by atoms with Gasteiger partial charge in [-0.1, -0.05) is 18.2 Å². The molecular formula is C17H13FNO+. The van der Waals surface area contributed by atoms with Gasteiger partial charge in [0.15, 0.2) is 12.4 Å². The average Bonchev–Trinajstić information content (AvgIpc) is 2.48. The van der Waals surface area contributed by atoms with E-state index in [2.05, 4.69) is 0 Å². The van der Waals surface area contributed by atoms with Crippen molar-refractivity contribution in [1.82, 2.24) is 0 Å². The van der Waals surface area contributed by atoms with Gasteiger partial charge in [0.05, 0.1) is 0 Å². The standard InChI is InChI=1S/C17H13FNO/c18-16-7-5-14(6-8-16)17(20)12-19-10-9-13-3-1-2-4-15(13)11-19/h1-11H,12H2/q+1. The summed E-state index contributed by atoms with van der Waals surface area (Å²) in [4.78, 5) is 12.1. The minimum absolute atomic E-state index is 0.0368. The third-order valence-electron chi connectivity index (χ3n) is 3.24. The van der Waals surface area contributed by atoms with E-state index in [0.717, 1.165) is 10.8 Å². The van der Waals surface area contributed by atoms with Crippen LogP contribution in [0.5, 0.6) is 0 Å². The molecule has 0 N–H and O–H groups in total. The molecule has 0 amide bonds. The maximum Gasteiger partial charge on any atom is 0.227 e. The van der Waals surface area contributed by atoms with E-state index in [1.807, 2.05) is 47.3 Å². The van der Waals surface area contributed by atoms with E-state index in [0.29, 0.717) is 5.56 Å². The zero-order valence-electron chi connectivity index (χ0n) is 10.8. The fraction of sp³-hybridized carbons (Fsp3) is 0.0588. The molecule has 0 aliphatic heterocycles. The number of carbonyl (C=O) groups is 1. The summed E-state index contributed by atoms with van der Waals surface area (Å²) in [7, 11) is 0. The van der Waals surface area contributed by atoms with E-state index in [-0.39, 0.29) is 18.1 Å². The maximum atomic E-state index is 12.8. The number of pyridine rings is 1. The molecule has 1 aromatic heterocycles. The van der Waals surface area contributed by atoms with Crippen LogP contribution in [0.25, 0.3) is 10.8 Å². The number of Topliss-reactive ketones (excluding diaryl/α,β-unsaturated/α-hetero) is 1. The van der Waals surface area contributed by atoms with Crippen molar-refractivity contribution in [3.05, 3.63) is 78.4 Å². The zero-order chi connectivity index (χ0) is 13.9. The molecule has 0 atom stereocenters. The van der Waals surface area contributed by atoms with Crippen LogP contribution in [0.3, 0.4) is 0 Å². The number of aromatic nitrogens is 1. The quantitative estimate of drug-likeness (QED) is 0.527. The molecule has 3 aromatic rings. The molecule has 0 fully saturated rings. The van der Waals surface area contributed by atoms with Crippen LogP contribution in [-0.4, -0.2) is 5.78 Å². The van der Waals surface area contributed by atoms with E-state index in [1.54, 1.807) is 0 Å². The predicted octanol–water partition coefficient (Wildman–Crippen LogP) is 3.15. The molecule has 3 heteroatoms. The molecule has 1 heterocycles. The summed E-state index contributed by atoms with van der Waals surface area (Å²) in [5, 5.41) is 2.22. The van der Waals surface area contributed by atoms with Crippen molar-refractivity contribution in [2.45, 2.75) is 6.54 Å². The molecule has 3 rings (SSSR count). The topological polar surface area (TPSA) is 20.9 Å². The van der Waals surface area contributed by atoms with Gasteiger partial charge >= 0.3 is 0 Å². The van der Waals surface area contributed by atoms with Gasteiger partial charge in [-0.25, -0.2) is 4.39 Å². The molecule has 0 saturated heterocycles. The Balaban J connectivity index is 1.85. The molecule has 20 heavy (non-hydrogen) atoms. The summed E-state index contributed by atoms with van der Waals surface area (Å²) < 4.78 is 14.7. The number of hydrogen-bond acceptors (Lipinski definition) is 1. The van der Waals surface area contributed by atoms with Crippen LogP contribution in [0.4, 0.5) is 4.39 Å². The summed E-state index contributed by atoms with van der Waals surface area (Å²) in [6, 6.07) is 15.6. The highest BCUT2D eigenvalue weighted by molar-refractivity contribution is 5.95. The second-order valence-corrected chi connectivity index (χ2v) is 4.68. The molecule has 0 unspecified atom stereocenters. The van der Waals surface area contributed by atoms with Crippen LogP contribution in [0.15, 0.2) is 67.0 Å². The molecule has 0 aliphatic rings. The van der Waals surface area contributed by atoms with Gasteiger partial charge in [-0.2, -0.15) is 4.57 Å². The first-order valence-corrected chi connectivity index (χ1v) is 6.39. The highest BCUT2D eigenvalue weighted by Crippen LogP contribution is 2.10. The lowest BCUT2D eigenvalue weighted by atomic mass is 10.1. The Morgan fingerprint density at radius 1 is 0.950 bits per heavy atom. The summed E-state index contributed by atoms with van der Waals surface area (Å²) in [5.74, 6) is -0.370. The number of hydrogen-bond donors (Lipinski definition) is 0. The second kappa shape index (κ2) is 5.21. The minimum atomic E-state index is -0.333. The van der Waals surface area contributed by atoms with E-state index >= 15 is 0 Å². The largest absolute Gasteiger partial charge is 0.287 e. The van der Waals surface area contributed by atoms with Gasteiger partial charge in [0, 0.05) is 17.0 Å². The van der Waals surface area contributed by atoms with E-state index in [9.17, 15) is 9.18 Å². The van der Waals surface area contributed by atoms with Gasteiger partial charge in [0.25, 0.3) is 0 Å². The lowest BCUT2D eigenvalue weighted by Gasteiger charge is -2.00. The number of halogens is 1. The highest BCUT2D eigenvalue weighted by atomic mass is 19.1. The smallest absolute Gasteiger partial charge is 0.227 e. The van der Waals surface area contributed by atoms with Crippen molar-refractivity contribution in [3.63, 3.8) is 0 Å². The minimum Gasteiger partial charge on any atom is -0.287 e. The van der Waals surface area contributed by atoms with Gasteiger partial charge in [-0.05, 0) is 35.7 Å². The average molecular weight is 266 g/mol. The number of benzene rings is 2. The molecular weight excluding hydrogens is 253 g/mol. The molecule has 0 radical (unpaired) electrons. The Kier molecular flexibility index (Phi) is 3.25. The Bertz CT molecular complexity index is 765.